The minimum Gasteiger partial charge on any atom is -0.347 e. The van der Waals surface area contributed by atoms with Crippen molar-refractivity contribution in [2.45, 2.75) is 50.4 Å². The number of hydrogen-bond donors (Lipinski definition) is 2. The number of piperidine rings is 1. The summed E-state index contributed by atoms with van der Waals surface area (Å²) >= 11 is 1.71. The number of anilines is 2. The second kappa shape index (κ2) is 9.00. The van der Waals surface area contributed by atoms with Crippen molar-refractivity contribution in [1.29, 1.82) is 0 Å². The largest absolute Gasteiger partial charge is 0.347 e. The Morgan fingerprint density at radius 3 is 2.60 bits per heavy atom. The summed E-state index contributed by atoms with van der Waals surface area (Å²) in [5.74, 6) is -1.22. The van der Waals surface area contributed by atoms with Crippen LogP contribution in [0.3, 0.4) is 0 Å². The number of thiophene rings is 1. The lowest BCUT2D eigenvalue weighted by atomic mass is 9.84. The van der Waals surface area contributed by atoms with Crippen molar-refractivity contribution >= 4 is 40.4 Å². The molecule has 2 heterocycles. The third-order valence-corrected chi connectivity index (χ3v) is 7.25. The predicted octanol–water partition coefficient (Wildman–Crippen LogP) is 3.83. The maximum Gasteiger partial charge on any atom is 0.313 e. The average molecular weight is 426 g/mol. The normalized spacial score (nSPS) is 18.3. The van der Waals surface area contributed by atoms with Crippen LogP contribution in [0.4, 0.5) is 11.4 Å². The number of benzene rings is 1. The first-order valence-corrected chi connectivity index (χ1v) is 11.5. The molecule has 6 nitrogen and oxygen atoms in total. The van der Waals surface area contributed by atoms with Gasteiger partial charge in [-0.15, -0.1) is 11.3 Å². The van der Waals surface area contributed by atoms with E-state index in [2.05, 4.69) is 22.1 Å². The van der Waals surface area contributed by atoms with Gasteiger partial charge < -0.3 is 15.5 Å². The molecule has 4 rings (SSSR count). The summed E-state index contributed by atoms with van der Waals surface area (Å²) < 4.78 is 0. The second-order valence-corrected chi connectivity index (χ2v) is 9.10. The van der Waals surface area contributed by atoms with E-state index >= 15 is 0 Å². The molecule has 0 radical (unpaired) electrons. The minimum atomic E-state index is -0.684. The molecule has 2 N–H and O–H groups in total. The van der Waals surface area contributed by atoms with Gasteiger partial charge in [0.1, 0.15) is 0 Å². The number of nitrogens with one attached hydrogen (secondary N) is 2. The molecule has 2 fully saturated rings. The Kier molecular flexibility index (Phi) is 6.18. The molecular weight excluding hydrogens is 398 g/mol. The van der Waals surface area contributed by atoms with Gasteiger partial charge in [-0.1, -0.05) is 25.0 Å². The van der Waals surface area contributed by atoms with Crippen molar-refractivity contribution in [3.8, 4) is 0 Å². The highest BCUT2D eigenvalue weighted by Gasteiger charge is 2.37. The van der Waals surface area contributed by atoms with E-state index in [0.29, 0.717) is 25.2 Å². The van der Waals surface area contributed by atoms with Crippen molar-refractivity contribution in [3.05, 3.63) is 46.7 Å². The Morgan fingerprint density at radius 1 is 1.03 bits per heavy atom. The van der Waals surface area contributed by atoms with E-state index < -0.39 is 11.8 Å². The van der Waals surface area contributed by atoms with Crippen molar-refractivity contribution < 1.29 is 14.4 Å². The highest BCUT2D eigenvalue weighted by Crippen LogP contribution is 2.42. The van der Waals surface area contributed by atoms with E-state index in [1.807, 2.05) is 12.1 Å². The number of nitrogens with zero attached hydrogens (tertiary/aromatic N) is 1. The molecule has 0 spiro atoms. The standard InChI is InChI=1S/C23H27N3O3S/c27-20-10-1-4-13-26(20)18-8-5-7-17(15-18)25-22(29)21(28)24-16-23(11-2-3-12-23)19-9-6-14-30-19/h5-9,14-15H,1-4,10-13,16H2,(H,24,28)(H,25,29). The molecule has 0 atom stereocenters. The molecule has 1 saturated heterocycles. The highest BCUT2D eigenvalue weighted by molar-refractivity contribution is 7.10. The summed E-state index contributed by atoms with van der Waals surface area (Å²) in [6.45, 7) is 1.16. The van der Waals surface area contributed by atoms with E-state index in [-0.39, 0.29) is 11.3 Å². The van der Waals surface area contributed by atoms with Crippen LogP contribution in [0, 0.1) is 0 Å². The summed E-state index contributed by atoms with van der Waals surface area (Å²) in [6.07, 6.45) is 6.77. The smallest absolute Gasteiger partial charge is 0.313 e. The molecule has 1 aromatic heterocycles. The van der Waals surface area contributed by atoms with E-state index in [1.165, 1.54) is 4.88 Å². The third kappa shape index (κ3) is 4.41. The summed E-state index contributed by atoms with van der Waals surface area (Å²) in [5.41, 5.74) is 1.21. The topological polar surface area (TPSA) is 78.5 Å². The number of rotatable bonds is 5. The van der Waals surface area contributed by atoms with Gasteiger partial charge in [-0.25, -0.2) is 0 Å². The van der Waals surface area contributed by atoms with Crippen LogP contribution in [-0.2, 0) is 19.8 Å². The lowest BCUT2D eigenvalue weighted by Crippen LogP contribution is -2.43. The maximum absolute atomic E-state index is 12.5. The molecule has 1 aromatic carbocycles. The number of hydrogen-bond acceptors (Lipinski definition) is 4. The molecule has 1 saturated carbocycles. The van der Waals surface area contributed by atoms with Gasteiger partial charge in [-0.2, -0.15) is 0 Å². The van der Waals surface area contributed by atoms with Gasteiger partial charge in [-0.3, -0.25) is 14.4 Å². The molecule has 0 bridgehead atoms. The monoisotopic (exact) mass is 425 g/mol. The Labute approximate surface area is 180 Å². The fourth-order valence-corrected chi connectivity index (χ4v) is 5.48. The fourth-order valence-electron chi connectivity index (χ4n) is 4.49. The van der Waals surface area contributed by atoms with Crippen molar-refractivity contribution in [3.63, 3.8) is 0 Å². The zero-order valence-electron chi connectivity index (χ0n) is 17.0. The van der Waals surface area contributed by atoms with Crippen LogP contribution >= 0.6 is 11.3 Å². The maximum atomic E-state index is 12.5. The SMILES string of the molecule is O=C(NCC1(c2cccs2)CCCC1)C(=O)Nc1cccc(N2CCCCC2=O)c1. The van der Waals surface area contributed by atoms with Crippen LogP contribution in [0.5, 0.6) is 0 Å². The quantitative estimate of drug-likeness (QED) is 0.715. The Bertz CT molecular complexity index is 920. The van der Waals surface area contributed by atoms with Gasteiger partial charge in [0.25, 0.3) is 0 Å². The predicted molar refractivity (Wildman–Crippen MR) is 119 cm³/mol. The molecule has 30 heavy (non-hydrogen) atoms. The molecule has 3 amide bonds. The third-order valence-electron chi connectivity index (χ3n) is 6.14. The van der Waals surface area contributed by atoms with E-state index in [0.717, 1.165) is 44.2 Å². The van der Waals surface area contributed by atoms with E-state index in [1.54, 1.807) is 34.4 Å². The Hall–Kier alpha value is -2.67. The summed E-state index contributed by atoms with van der Waals surface area (Å²) in [5, 5.41) is 7.58. The van der Waals surface area contributed by atoms with Gasteiger partial charge in [0.2, 0.25) is 5.91 Å². The van der Waals surface area contributed by atoms with Crippen molar-refractivity contribution in [2.24, 2.45) is 0 Å². The van der Waals surface area contributed by atoms with E-state index in [4.69, 9.17) is 0 Å². The summed E-state index contributed by atoms with van der Waals surface area (Å²) in [6, 6.07) is 11.3. The first-order chi connectivity index (χ1) is 14.6. The number of carbonyl (C=O) groups excluding carboxylic acids is 3. The average Bonchev–Trinajstić information content (AvgIpc) is 3.45. The first kappa shape index (κ1) is 20.6. The molecule has 2 aliphatic rings. The highest BCUT2D eigenvalue weighted by atomic mass is 32.1. The number of carbonyl (C=O) groups is 3. The van der Waals surface area contributed by atoms with Crippen LogP contribution in [0.25, 0.3) is 0 Å². The van der Waals surface area contributed by atoms with Crippen LogP contribution in [0.2, 0.25) is 0 Å². The lowest BCUT2D eigenvalue weighted by molar-refractivity contribution is -0.136. The van der Waals surface area contributed by atoms with Crippen LogP contribution in [0.1, 0.15) is 49.8 Å². The van der Waals surface area contributed by atoms with Gasteiger partial charge in [0.05, 0.1) is 0 Å². The van der Waals surface area contributed by atoms with Crippen molar-refractivity contribution in [1.82, 2.24) is 5.32 Å². The molecule has 1 aliphatic carbocycles. The van der Waals surface area contributed by atoms with Gasteiger partial charge in [0, 0.05) is 41.2 Å². The Balaban J connectivity index is 1.37. The molecule has 0 unspecified atom stereocenters. The minimum absolute atomic E-state index is 0.0569. The zero-order valence-corrected chi connectivity index (χ0v) is 17.8. The summed E-state index contributed by atoms with van der Waals surface area (Å²) in [4.78, 5) is 40.1. The van der Waals surface area contributed by atoms with E-state index in [9.17, 15) is 14.4 Å². The van der Waals surface area contributed by atoms with Crippen molar-refractivity contribution in [2.75, 3.05) is 23.3 Å². The van der Waals surface area contributed by atoms with Crippen LogP contribution in [0.15, 0.2) is 41.8 Å². The molecule has 2 aromatic rings. The molecule has 158 valence electrons. The fraction of sp³-hybridized carbons (Fsp3) is 0.435. The zero-order chi connectivity index (χ0) is 21.0. The van der Waals surface area contributed by atoms with Crippen LogP contribution in [-0.4, -0.2) is 30.8 Å². The molecule has 7 heteroatoms. The summed E-state index contributed by atoms with van der Waals surface area (Å²) in [7, 11) is 0. The van der Waals surface area contributed by atoms with Gasteiger partial charge >= 0.3 is 11.8 Å². The first-order valence-electron chi connectivity index (χ1n) is 10.6. The lowest BCUT2D eigenvalue weighted by Gasteiger charge is -2.28. The second-order valence-electron chi connectivity index (χ2n) is 8.15. The van der Waals surface area contributed by atoms with Gasteiger partial charge in [-0.05, 0) is 55.3 Å². The van der Waals surface area contributed by atoms with Gasteiger partial charge in [0.15, 0.2) is 0 Å². The number of amides is 3. The molecule has 1 aliphatic heterocycles. The van der Waals surface area contributed by atoms with Crippen LogP contribution < -0.4 is 15.5 Å². The molecular formula is C23H27N3O3S. The Morgan fingerprint density at radius 2 is 1.87 bits per heavy atom.